The van der Waals surface area contributed by atoms with E-state index in [4.69, 9.17) is 27.9 Å². The zero-order valence-corrected chi connectivity index (χ0v) is 26.0. The molecule has 43 heavy (non-hydrogen) atoms. The predicted molar refractivity (Wildman–Crippen MR) is 164 cm³/mol. The number of aliphatic imine (C=N–C) groups is 1. The van der Waals surface area contributed by atoms with Gasteiger partial charge >= 0.3 is 12.1 Å². The second-order valence-corrected chi connectivity index (χ2v) is 12.4. The van der Waals surface area contributed by atoms with Crippen LogP contribution in [0, 0.1) is 0 Å². The van der Waals surface area contributed by atoms with Crippen molar-refractivity contribution in [3.05, 3.63) is 74.6 Å². The molecule has 4 rings (SSSR count). The van der Waals surface area contributed by atoms with E-state index in [1.807, 2.05) is 0 Å². The van der Waals surface area contributed by atoms with Gasteiger partial charge in [-0.3, -0.25) is 19.3 Å². The molecular weight excluding hydrogens is 619 g/mol. The molecule has 2 heterocycles. The first-order valence-corrected chi connectivity index (χ1v) is 14.6. The van der Waals surface area contributed by atoms with Crippen molar-refractivity contribution in [3.8, 4) is 0 Å². The van der Waals surface area contributed by atoms with Crippen LogP contribution in [-0.2, 0) is 19.1 Å². The monoisotopic (exact) mass is 646 g/mol. The fourth-order valence-corrected chi connectivity index (χ4v) is 5.58. The molecule has 0 saturated carbocycles. The maximum Gasteiger partial charge on any atom is 0.410 e. The minimum Gasteiger partial charge on any atom is -0.466 e. The number of rotatable bonds is 5. The summed E-state index contributed by atoms with van der Waals surface area (Å²) in [6, 6.07) is 10.1. The quantitative estimate of drug-likeness (QED) is 0.352. The van der Waals surface area contributed by atoms with Gasteiger partial charge in [-0.25, -0.2) is 9.59 Å². The zero-order chi connectivity index (χ0) is 31.5. The van der Waals surface area contributed by atoms with Crippen molar-refractivity contribution in [3.63, 3.8) is 0 Å². The number of ether oxygens (including phenoxy) is 2. The molecule has 0 aliphatic carbocycles. The van der Waals surface area contributed by atoms with Gasteiger partial charge in [0.25, 0.3) is 17.7 Å². The van der Waals surface area contributed by atoms with Crippen molar-refractivity contribution in [2.45, 2.75) is 38.8 Å². The maximum atomic E-state index is 13.3. The topological polar surface area (TPSA) is 135 Å². The number of methoxy groups -OCH3 is 1. The van der Waals surface area contributed by atoms with Gasteiger partial charge in [0, 0.05) is 35.8 Å². The highest BCUT2D eigenvalue weighted by Crippen LogP contribution is 2.35. The number of likely N-dealkylation sites (tertiary alicyclic amines) is 1. The lowest BCUT2D eigenvalue weighted by Gasteiger charge is -2.24. The second-order valence-electron chi connectivity index (χ2n) is 10.5. The lowest BCUT2D eigenvalue weighted by molar-refractivity contribution is -0.135. The number of carbonyl (C=O) groups excluding carboxylic acids is 5. The minimum atomic E-state index is -0.756. The van der Waals surface area contributed by atoms with Gasteiger partial charge in [-0.2, -0.15) is 4.99 Å². The molecule has 2 aliphatic rings. The molecule has 0 aromatic heterocycles. The predicted octanol–water partition coefficient (Wildman–Crippen LogP) is 5.07. The molecule has 0 radical (unpaired) electrons. The average molecular weight is 648 g/mol. The molecule has 2 aliphatic heterocycles. The van der Waals surface area contributed by atoms with Crippen LogP contribution in [0.5, 0.6) is 0 Å². The standard InChI is InChI=1S/C29H28Cl2N4O7S/c1-29(2,3)42-28(40)34-12-11-18(15-34)32-24(37)16-5-8-19(9-6-16)35-26(39)22(14-23(36)41-4)43-27(35)33-25(38)20-10-7-17(30)13-21(20)31/h5-10,13-14,18H,11-12,15H2,1-4H3,(H,32,37)/t18-/m1/s1. The number of benzene rings is 2. The summed E-state index contributed by atoms with van der Waals surface area (Å²) < 4.78 is 10.0. The van der Waals surface area contributed by atoms with E-state index in [1.165, 1.54) is 49.6 Å². The van der Waals surface area contributed by atoms with Gasteiger partial charge < -0.3 is 19.7 Å². The Morgan fingerprint density at radius 2 is 1.79 bits per heavy atom. The molecule has 1 N–H and O–H groups in total. The van der Waals surface area contributed by atoms with Crippen molar-refractivity contribution in [2.24, 2.45) is 4.99 Å². The van der Waals surface area contributed by atoms with Crippen LogP contribution in [0.4, 0.5) is 10.5 Å². The number of nitrogens with one attached hydrogen (secondary N) is 1. The summed E-state index contributed by atoms with van der Waals surface area (Å²) in [5.41, 5.74) is 0.0622. The highest BCUT2D eigenvalue weighted by molar-refractivity contribution is 8.19. The summed E-state index contributed by atoms with van der Waals surface area (Å²) in [6.07, 6.45) is 1.15. The fourth-order valence-electron chi connectivity index (χ4n) is 4.15. The molecule has 0 bridgehead atoms. The number of nitrogens with zero attached hydrogens (tertiary/aromatic N) is 3. The smallest absolute Gasteiger partial charge is 0.410 e. The van der Waals surface area contributed by atoms with E-state index in [1.54, 1.807) is 25.7 Å². The van der Waals surface area contributed by atoms with Gasteiger partial charge in [-0.05, 0) is 81.4 Å². The summed E-state index contributed by atoms with van der Waals surface area (Å²) in [6.45, 7) is 6.14. The second kappa shape index (κ2) is 13.2. The first-order valence-electron chi connectivity index (χ1n) is 13.0. The normalized spacial score (nSPS) is 18.7. The molecule has 2 fully saturated rings. The Hall–Kier alpha value is -3.87. The Bertz CT molecular complexity index is 1540. The molecule has 2 aromatic rings. The van der Waals surface area contributed by atoms with E-state index in [2.05, 4.69) is 15.0 Å². The molecule has 0 spiro atoms. The highest BCUT2D eigenvalue weighted by atomic mass is 35.5. The summed E-state index contributed by atoms with van der Waals surface area (Å²) in [5, 5.41) is 3.31. The summed E-state index contributed by atoms with van der Waals surface area (Å²) in [5.74, 6) is -2.46. The van der Waals surface area contributed by atoms with Crippen LogP contribution in [-0.4, -0.2) is 71.7 Å². The third kappa shape index (κ3) is 7.95. The maximum absolute atomic E-state index is 13.3. The Labute approximate surface area is 262 Å². The third-order valence-electron chi connectivity index (χ3n) is 6.18. The number of anilines is 1. The van der Waals surface area contributed by atoms with E-state index in [0.717, 1.165) is 22.7 Å². The van der Waals surface area contributed by atoms with Gasteiger partial charge in [0.1, 0.15) is 5.60 Å². The van der Waals surface area contributed by atoms with Gasteiger partial charge in [0.2, 0.25) is 0 Å². The van der Waals surface area contributed by atoms with Crippen molar-refractivity contribution < 1.29 is 33.4 Å². The SMILES string of the molecule is COC(=O)C=C1SC(=NC(=O)c2ccc(Cl)cc2Cl)N(c2ccc(C(=O)N[C@@H]3CCN(C(=O)OC(C)(C)C)C3)cc2)C1=O. The number of thioether (sulfide) groups is 1. The lowest BCUT2D eigenvalue weighted by Crippen LogP contribution is -2.40. The summed E-state index contributed by atoms with van der Waals surface area (Å²) >= 11 is 12.9. The largest absolute Gasteiger partial charge is 0.466 e. The number of halogens is 2. The van der Waals surface area contributed by atoms with E-state index < -0.39 is 29.5 Å². The molecule has 226 valence electrons. The Kier molecular flexibility index (Phi) is 9.83. The summed E-state index contributed by atoms with van der Waals surface area (Å²) in [7, 11) is 1.17. The van der Waals surface area contributed by atoms with Gasteiger partial charge in [-0.1, -0.05) is 23.2 Å². The Morgan fingerprint density at radius 1 is 1.09 bits per heavy atom. The first-order chi connectivity index (χ1) is 20.3. The van der Waals surface area contributed by atoms with Gasteiger partial charge in [-0.15, -0.1) is 0 Å². The molecule has 2 saturated heterocycles. The molecule has 1 atom stereocenters. The van der Waals surface area contributed by atoms with E-state index in [-0.39, 0.29) is 32.6 Å². The van der Waals surface area contributed by atoms with Crippen LogP contribution >= 0.6 is 35.0 Å². The van der Waals surface area contributed by atoms with E-state index >= 15 is 0 Å². The van der Waals surface area contributed by atoms with Crippen LogP contribution in [0.1, 0.15) is 47.9 Å². The van der Waals surface area contributed by atoms with Crippen molar-refractivity contribution in [1.29, 1.82) is 0 Å². The molecule has 0 unspecified atom stereocenters. The minimum absolute atomic E-state index is 0.0156. The van der Waals surface area contributed by atoms with Crippen LogP contribution in [0.3, 0.4) is 0 Å². The molecule has 2 aromatic carbocycles. The summed E-state index contributed by atoms with van der Waals surface area (Å²) in [4.78, 5) is 70.2. The van der Waals surface area contributed by atoms with Gasteiger partial charge in [0.05, 0.1) is 28.3 Å². The van der Waals surface area contributed by atoms with Crippen LogP contribution < -0.4 is 10.2 Å². The zero-order valence-electron chi connectivity index (χ0n) is 23.7. The van der Waals surface area contributed by atoms with Crippen LogP contribution in [0.25, 0.3) is 0 Å². The third-order valence-corrected chi connectivity index (χ3v) is 7.69. The van der Waals surface area contributed by atoms with Crippen molar-refractivity contribution >= 4 is 75.6 Å². The number of esters is 1. The average Bonchev–Trinajstić information content (AvgIpc) is 3.51. The van der Waals surface area contributed by atoms with Crippen LogP contribution in [0.2, 0.25) is 10.0 Å². The van der Waals surface area contributed by atoms with E-state index in [9.17, 15) is 24.0 Å². The number of amides is 4. The number of hydrogen-bond donors (Lipinski definition) is 1. The first kappa shape index (κ1) is 32.1. The van der Waals surface area contributed by atoms with Crippen molar-refractivity contribution in [2.75, 3.05) is 25.1 Å². The highest BCUT2D eigenvalue weighted by Gasteiger charge is 2.36. The van der Waals surface area contributed by atoms with Crippen molar-refractivity contribution in [1.82, 2.24) is 10.2 Å². The molecule has 4 amide bonds. The van der Waals surface area contributed by atoms with E-state index in [0.29, 0.717) is 35.8 Å². The van der Waals surface area contributed by atoms with Crippen LogP contribution in [0.15, 0.2) is 58.4 Å². The lowest BCUT2D eigenvalue weighted by atomic mass is 10.1. The molecule has 14 heteroatoms. The fraction of sp³-hybridized carbons (Fsp3) is 0.310. The molecule has 11 nitrogen and oxygen atoms in total. The number of hydrogen-bond acceptors (Lipinski definition) is 8. The number of carbonyl (C=O) groups is 5. The Morgan fingerprint density at radius 3 is 2.42 bits per heavy atom. The molecular formula is C29H28Cl2N4O7S. The Balaban J connectivity index is 1.52. The van der Waals surface area contributed by atoms with Gasteiger partial charge in [0.15, 0.2) is 5.17 Å². The number of amidine groups is 1.